The second kappa shape index (κ2) is 7.02. The molecule has 0 unspecified atom stereocenters. The van der Waals surface area contributed by atoms with Gasteiger partial charge in [-0.3, -0.25) is 0 Å². The Hall–Kier alpha value is -3.73. The van der Waals surface area contributed by atoms with Crippen LogP contribution in [0.25, 0.3) is 5.69 Å². The minimum Gasteiger partial charge on any atom is -0.482 e. The van der Waals surface area contributed by atoms with E-state index in [1.54, 1.807) is 48.5 Å². The molecule has 24 heavy (non-hydrogen) atoms. The number of hydrogen-bond acceptors (Lipinski definition) is 7. The number of rotatable bonds is 5. The molecule has 3 rings (SSSR count). The lowest BCUT2D eigenvalue weighted by molar-refractivity contribution is -0.136. The SMILES string of the molecule is N#Cc1ccc(OCC(=O)Oc2ccc(-n3cnnn3)cc2)cc1. The summed E-state index contributed by atoms with van der Waals surface area (Å²) in [6.45, 7) is -0.235. The number of tetrazole rings is 1. The van der Waals surface area contributed by atoms with Crippen molar-refractivity contribution in [3.63, 3.8) is 0 Å². The van der Waals surface area contributed by atoms with Crippen LogP contribution in [0.2, 0.25) is 0 Å². The quantitative estimate of drug-likeness (QED) is 0.518. The predicted octanol–water partition coefficient (Wildman–Crippen LogP) is 1.52. The molecule has 0 amide bonds. The van der Waals surface area contributed by atoms with Crippen molar-refractivity contribution in [2.24, 2.45) is 0 Å². The summed E-state index contributed by atoms with van der Waals surface area (Å²) < 4.78 is 12.0. The van der Waals surface area contributed by atoms with Crippen molar-refractivity contribution in [3.05, 3.63) is 60.4 Å². The summed E-state index contributed by atoms with van der Waals surface area (Å²) in [5, 5.41) is 19.6. The number of nitrogens with zero attached hydrogens (tertiary/aromatic N) is 5. The summed E-state index contributed by atoms with van der Waals surface area (Å²) in [6.07, 6.45) is 1.46. The molecule has 1 heterocycles. The molecule has 8 heteroatoms. The first-order chi connectivity index (χ1) is 11.7. The highest BCUT2D eigenvalue weighted by Gasteiger charge is 2.07. The number of hydrogen-bond donors (Lipinski definition) is 0. The Balaban J connectivity index is 1.53. The molecule has 1 aromatic heterocycles. The molecule has 0 radical (unpaired) electrons. The fourth-order valence-corrected chi connectivity index (χ4v) is 1.88. The molecule has 118 valence electrons. The maximum absolute atomic E-state index is 11.8. The summed E-state index contributed by atoms with van der Waals surface area (Å²) in [5.74, 6) is 0.342. The highest BCUT2D eigenvalue weighted by atomic mass is 16.6. The van der Waals surface area contributed by atoms with Crippen molar-refractivity contribution in [1.29, 1.82) is 5.26 Å². The zero-order chi connectivity index (χ0) is 16.8. The number of esters is 1. The van der Waals surface area contributed by atoms with Crippen molar-refractivity contribution in [1.82, 2.24) is 20.2 Å². The van der Waals surface area contributed by atoms with Crippen molar-refractivity contribution >= 4 is 5.97 Å². The molecule has 0 atom stereocenters. The van der Waals surface area contributed by atoms with Crippen LogP contribution < -0.4 is 9.47 Å². The Morgan fingerprint density at radius 2 is 1.79 bits per heavy atom. The van der Waals surface area contributed by atoms with Crippen molar-refractivity contribution in [2.75, 3.05) is 6.61 Å². The maximum Gasteiger partial charge on any atom is 0.349 e. The topological polar surface area (TPSA) is 103 Å². The van der Waals surface area contributed by atoms with Crippen LogP contribution >= 0.6 is 0 Å². The molecule has 2 aromatic carbocycles. The Bertz CT molecular complexity index is 852. The second-order valence-electron chi connectivity index (χ2n) is 4.65. The summed E-state index contributed by atoms with van der Waals surface area (Å²) >= 11 is 0. The van der Waals surface area contributed by atoms with Crippen molar-refractivity contribution in [2.45, 2.75) is 0 Å². The number of carbonyl (C=O) groups excluding carboxylic acids is 1. The van der Waals surface area contributed by atoms with Gasteiger partial charge in [-0.2, -0.15) is 5.26 Å². The molecule has 0 fully saturated rings. The second-order valence-corrected chi connectivity index (χ2v) is 4.65. The van der Waals surface area contributed by atoms with E-state index >= 15 is 0 Å². The van der Waals surface area contributed by atoms with Gasteiger partial charge < -0.3 is 9.47 Å². The van der Waals surface area contributed by atoms with Crippen LogP contribution in [0.1, 0.15) is 5.56 Å². The molecule has 0 saturated carbocycles. The Morgan fingerprint density at radius 3 is 2.42 bits per heavy atom. The van der Waals surface area contributed by atoms with E-state index in [-0.39, 0.29) is 6.61 Å². The molecule has 8 nitrogen and oxygen atoms in total. The zero-order valence-electron chi connectivity index (χ0n) is 12.4. The van der Waals surface area contributed by atoms with Gasteiger partial charge in [0.05, 0.1) is 17.3 Å². The smallest absolute Gasteiger partial charge is 0.349 e. The van der Waals surface area contributed by atoms with Gasteiger partial charge in [0.15, 0.2) is 6.61 Å². The monoisotopic (exact) mass is 321 g/mol. The van der Waals surface area contributed by atoms with E-state index in [0.717, 1.165) is 5.69 Å². The fourth-order valence-electron chi connectivity index (χ4n) is 1.88. The number of nitriles is 1. The Kier molecular flexibility index (Phi) is 4.44. The van der Waals surface area contributed by atoms with Crippen LogP contribution in [-0.2, 0) is 4.79 Å². The van der Waals surface area contributed by atoms with Gasteiger partial charge in [-0.1, -0.05) is 0 Å². The molecule has 0 saturated heterocycles. The molecule has 0 spiro atoms. The van der Waals surface area contributed by atoms with Crippen molar-refractivity contribution in [3.8, 4) is 23.3 Å². The molecule has 0 aliphatic heterocycles. The third kappa shape index (κ3) is 3.72. The zero-order valence-corrected chi connectivity index (χ0v) is 12.4. The minimum atomic E-state index is -0.533. The summed E-state index contributed by atoms with van der Waals surface area (Å²) in [4.78, 5) is 11.8. The van der Waals surface area contributed by atoms with E-state index in [1.807, 2.05) is 6.07 Å². The molecule has 0 N–H and O–H groups in total. The Morgan fingerprint density at radius 1 is 1.08 bits per heavy atom. The number of ether oxygens (including phenoxy) is 2. The van der Waals surface area contributed by atoms with Gasteiger partial charge in [0.2, 0.25) is 0 Å². The van der Waals surface area contributed by atoms with Gasteiger partial charge in [-0.25, -0.2) is 9.48 Å². The third-order valence-electron chi connectivity index (χ3n) is 3.02. The van der Waals surface area contributed by atoms with Gasteiger partial charge in [0.25, 0.3) is 0 Å². The van der Waals surface area contributed by atoms with Gasteiger partial charge >= 0.3 is 5.97 Å². The Labute approximate surface area is 136 Å². The van der Waals surface area contributed by atoms with Crippen LogP contribution in [-0.4, -0.2) is 32.8 Å². The number of benzene rings is 2. The molecule has 0 bridgehead atoms. The van der Waals surface area contributed by atoms with Gasteiger partial charge in [0, 0.05) is 0 Å². The predicted molar refractivity (Wildman–Crippen MR) is 81.4 cm³/mol. The third-order valence-corrected chi connectivity index (χ3v) is 3.02. The molecular formula is C16H11N5O3. The van der Waals surface area contributed by atoms with Crippen LogP contribution in [0.4, 0.5) is 0 Å². The molecular weight excluding hydrogens is 310 g/mol. The first-order valence-electron chi connectivity index (χ1n) is 6.92. The average molecular weight is 321 g/mol. The maximum atomic E-state index is 11.8. The number of aromatic nitrogens is 4. The molecule has 0 aliphatic carbocycles. The average Bonchev–Trinajstić information content (AvgIpc) is 3.16. The first-order valence-corrected chi connectivity index (χ1v) is 6.92. The highest BCUT2D eigenvalue weighted by Crippen LogP contribution is 2.15. The van der Waals surface area contributed by atoms with E-state index in [9.17, 15) is 4.79 Å². The van der Waals surface area contributed by atoms with Crippen LogP contribution in [0.3, 0.4) is 0 Å². The fraction of sp³-hybridized carbons (Fsp3) is 0.0625. The summed E-state index contributed by atoms with van der Waals surface area (Å²) in [5.41, 5.74) is 1.27. The van der Waals surface area contributed by atoms with E-state index < -0.39 is 5.97 Å². The minimum absolute atomic E-state index is 0.235. The lowest BCUT2D eigenvalue weighted by atomic mass is 10.2. The van der Waals surface area contributed by atoms with Gasteiger partial charge in [-0.05, 0) is 59.0 Å². The first kappa shape index (κ1) is 15.2. The van der Waals surface area contributed by atoms with Gasteiger partial charge in [-0.15, -0.1) is 5.10 Å². The number of carbonyl (C=O) groups is 1. The largest absolute Gasteiger partial charge is 0.482 e. The molecule has 0 aliphatic rings. The highest BCUT2D eigenvalue weighted by molar-refractivity contribution is 5.74. The van der Waals surface area contributed by atoms with Crippen molar-refractivity contribution < 1.29 is 14.3 Å². The lowest BCUT2D eigenvalue weighted by Crippen LogP contribution is -2.17. The van der Waals surface area contributed by atoms with Crippen LogP contribution in [0.5, 0.6) is 11.5 Å². The van der Waals surface area contributed by atoms with E-state index in [2.05, 4.69) is 15.5 Å². The van der Waals surface area contributed by atoms with E-state index in [1.165, 1.54) is 11.0 Å². The summed E-state index contributed by atoms with van der Waals surface area (Å²) in [6, 6.07) is 15.2. The molecule has 3 aromatic rings. The van der Waals surface area contributed by atoms with E-state index in [4.69, 9.17) is 14.7 Å². The lowest BCUT2D eigenvalue weighted by Gasteiger charge is -2.07. The normalized spacial score (nSPS) is 9.96. The standard InChI is InChI=1S/C16H11N5O3/c17-9-12-1-5-14(6-2-12)23-10-16(22)24-15-7-3-13(4-8-15)21-11-18-19-20-21/h1-8,11H,10H2. The van der Waals surface area contributed by atoms with Crippen LogP contribution in [0, 0.1) is 11.3 Å². The van der Waals surface area contributed by atoms with Crippen LogP contribution in [0.15, 0.2) is 54.9 Å². The summed E-state index contributed by atoms with van der Waals surface area (Å²) in [7, 11) is 0. The van der Waals surface area contributed by atoms with E-state index in [0.29, 0.717) is 17.1 Å². The van der Waals surface area contributed by atoms with Gasteiger partial charge in [0.1, 0.15) is 17.8 Å².